The summed E-state index contributed by atoms with van der Waals surface area (Å²) >= 11 is 0. The summed E-state index contributed by atoms with van der Waals surface area (Å²) in [5.74, 6) is 0. The molecule has 0 aromatic carbocycles. The molecule has 2 heteroatoms. The van der Waals surface area contributed by atoms with Crippen molar-refractivity contribution in [2.45, 2.75) is 44.8 Å². The van der Waals surface area contributed by atoms with E-state index >= 15 is 0 Å². The zero-order valence-electron chi connectivity index (χ0n) is 8.59. The second kappa shape index (κ2) is 6.17. The number of hydrogen-bond donors (Lipinski definition) is 1. The lowest BCUT2D eigenvalue weighted by Gasteiger charge is -2.25. The largest absolute Gasteiger partial charge is 0.378 e. The van der Waals surface area contributed by atoms with Gasteiger partial charge in [0.15, 0.2) is 0 Å². The Morgan fingerprint density at radius 3 is 3.00 bits per heavy atom. The third kappa shape index (κ3) is 3.92. The van der Waals surface area contributed by atoms with Crippen LogP contribution in [0.15, 0.2) is 12.7 Å². The predicted octanol–water partition coefficient (Wildman–Crippen LogP) is 2.11. The summed E-state index contributed by atoms with van der Waals surface area (Å²) in [4.78, 5) is 0. The molecule has 2 nitrogen and oxygen atoms in total. The Kier molecular flexibility index (Phi) is 5.09. The van der Waals surface area contributed by atoms with Gasteiger partial charge in [-0.05, 0) is 32.2 Å². The van der Waals surface area contributed by atoms with E-state index in [0.717, 1.165) is 19.6 Å². The first-order chi connectivity index (χ1) is 6.36. The molecule has 0 aliphatic carbocycles. The Morgan fingerprint density at radius 1 is 1.62 bits per heavy atom. The molecule has 0 amide bonds. The van der Waals surface area contributed by atoms with E-state index in [-0.39, 0.29) is 0 Å². The minimum atomic E-state index is 0.424. The third-order valence-corrected chi connectivity index (χ3v) is 2.54. The van der Waals surface area contributed by atoms with Gasteiger partial charge in [0.1, 0.15) is 0 Å². The highest BCUT2D eigenvalue weighted by Gasteiger charge is 2.16. The Hall–Kier alpha value is -0.340. The molecule has 1 aliphatic heterocycles. The highest BCUT2D eigenvalue weighted by molar-refractivity contribution is 4.87. The van der Waals surface area contributed by atoms with E-state index in [0.29, 0.717) is 12.1 Å². The van der Waals surface area contributed by atoms with Crippen LogP contribution in [0.3, 0.4) is 0 Å². The van der Waals surface area contributed by atoms with E-state index in [4.69, 9.17) is 4.74 Å². The third-order valence-electron chi connectivity index (χ3n) is 2.54. The minimum Gasteiger partial charge on any atom is -0.378 e. The number of nitrogens with one attached hydrogen (secondary N) is 1. The molecular formula is C11H21NO. The molecule has 76 valence electrons. The van der Waals surface area contributed by atoms with E-state index in [9.17, 15) is 0 Å². The van der Waals surface area contributed by atoms with Crippen molar-refractivity contribution in [1.82, 2.24) is 5.32 Å². The van der Waals surface area contributed by atoms with Crippen LogP contribution in [-0.2, 0) is 4.74 Å². The monoisotopic (exact) mass is 183 g/mol. The lowest BCUT2D eigenvalue weighted by atomic mass is 10.0. The van der Waals surface area contributed by atoms with Gasteiger partial charge in [-0.25, -0.2) is 0 Å². The molecule has 1 saturated heterocycles. The van der Waals surface area contributed by atoms with Gasteiger partial charge < -0.3 is 10.1 Å². The second-order valence-corrected chi connectivity index (χ2v) is 3.62. The molecule has 0 aromatic heterocycles. The zero-order chi connectivity index (χ0) is 9.52. The Labute approximate surface area is 81.4 Å². The van der Waals surface area contributed by atoms with Gasteiger partial charge in [-0.3, -0.25) is 0 Å². The van der Waals surface area contributed by atoms with Gasteiger partial charge in [0, 0.05) is 12.6 Å². The molecule has 1 heterocycles. The number of likely N-dealkylation sites (N-methyl/N-ethyl adjacent to an activating group) is 1. The zero-order valence-corrected chi connectivity index (χ0v) is 8.59. The quantitative estimate of drug-likeness (QED) is 0.659. The van der Waals surface area contributed by atoms with E-state index in [1.165, 1.54) is 19.3 Å². The molecule has 1 N–H and O–H groups in total. The highest BCUT2D eigenvalue weighted by Crippen LogP contribution is 2.17. The molecule has 13 heavy (non-hydrogen) atoms. The first-order valence-electron chi connectivity index (χ1n) is 5.34. The van der Waals surface area contributed by atoms with Crippen molar-refractivity contribution in [3.63, 3.8) is 0 Å². The van der Waals surface area contributed by atoms with Gasteiger partial charge >= 0.3 is 0 Å². The Morgan fingerprint density at radius 2 is 2.46 bits per heavy atom. The molecule has 1 aliphatic rings. The SMILES string of the molecule is C=CC(CC1CCCCO1)NCC. The summed E-state index contributed by atoms with van der Waals surface area (Å²) in [5, 5.41) is 3.38. The summed E-state index contributed by atoms with van der Waals surface area (Å²) in [6, 6.07) is 0.424. The van der Waals surface area contributed by atoms with Crippen LogP contribution in [0.1, 0.15) is 32.6 Å². The predicted molar refractivity (Wildman–Crippen MR) is 55.9 cm³/mol. The maximum Gasteiger partial charge on any atom is 0.0593 e. The van der Waals surface area contributed by atoms with Crippen molar-refractivity contribution in [3.05, 3.63) is 12.7 Å². The molecule has 0 saturated carbocycles. The standard InChI is InChI=1S/C11H21NO/c1-3-10(12-4-2)9-11-7-5-6-8-13-11/h3,10-12H,1,4-9H2,2H3. The Bertz CT molecular complexity index is 141. The van der Waals surface area contributed by atoms with Crippen molar-refractivity contribution in [2.75, 3.05) is 13.2 Å². The van der Waals surface area contributed by atoms with Gasteiger partial charge in [0.25, 0.3) is 0 Å². The fraction of sp³-hybridized carbons (Fsp3) is 0.818. The lowest BCUT2D eigenvalue weighted by molar-refractivity contribution is 0.00796. The van der Waals surface area contributed by atoms with Crippen LogP contribution in [-0.4, -0.2) is 25.3 Å². The van der Waals surface area contributed by atoms with E-state index in [1.54, 1.807) is 0 Å². The van der Waals surface area contributed by atoms with Crippen LogP contribution in [0, 0.1) is 0 Å². The highest BCUT2D eigenvalue weighted by atomic mass is 16.5. The van der Waals surface area contributed by atoms with Gasteiger partial charge in [-0.1, -0.05) is 13.0 Å². The molecule has 0 aromatic rings. The smallest absolute Gasteiger partial charge is 0.0593 e. The summed E-state index contributed by atoms with van der Waals surface area (Å²) in [7, 11) is 0. The van der Waals surface area contributed by atoms with Gasteiger partial charge in [-0.15, -0.1) is 6.58 Å². The molecule has 0 spiro atoms. The molecule has 2 unspecified atom stereocenters. The molecule has 0 bridgehead atoms. The Balaban J connectivity index is 2.22. The average Bonchev–Trinajstić information content (AvgIpc) is 2.19. The van der Waals surface area contributed by atoms with Crippen molar-refractivity contribution in [1.29, 1.82) is 0 Å². The topological polar surface area (TPSA) is 21.3 Å². The minimum absolute atomic E-state index is 0.424. The van der Waals surface area contributed by atoms with Crippen LogP contribution < -0.4 is 5.32 Å². The van der Waals surface area contributed by atoms with Crippen molar-refractivity contribution < 1.29 is 4.74 Å². The number of rotatable bonds is 5. The normalized spacial score (nSPS) is 25.5. The molecule has 0 radical (unpaired) electrons. The van der Waals surface area contributed by atoms with Gasteiger partial charge in [0.2, 0.25) is 0 Å². The van der Waals surface area contributed by atoms with Crippen molar-refractivity contribution in [3.8, 4) is 0 Å². The summed E-state index contributed by atoms with van der Waals surface area (Å²) < 4.78 is 5.67. The summed E-state index contributed by atoms with van der Waals surface area (Å²) in [5.41, 5.74) is 0. The molecule has 2 atom stereocenters. The average molecular weight is 183 g/mol. The first-order valence-corrected chi connectivity index (χ1v) is 5.34. The first kappa shape index (κ1) is 10.7. The molecular weight excluding hydrogens is 162 g/mol. The van der Waals surface area contributed by atoms with Crippen molar-refractivity contribution in [2.24, 2.45) is 0 Å². The number of ether oxygens (including phenoxy) is 1. The van der Waals surface area contributed by atoms with Crippen LogP contribution in [0.5, 0.6) is 0 Å². The van der Waals surface area contributed by atoms with E-state index < -0.39 is 0 Å². The lowest BCUT2D eigenvalue weighted by Crippen LogP contribution is -2.33. The number of hydrogen-bond acceptors (Lipinski definition) is 2. The molecule has 1 rings (SSSR count). The van der Waals surface area contributed by atoms with Crippen LogP contribution in [0.25, 0.3) is 0 Å². The maximum atomic E-state index is 5.67. The van der Waals surface area contributed by atoms with E-state index in [2.05, 4.69) is 18.8 Å². The van der Waals surface area contributed by atoms with Crippen molar-refractivity contribution >= 4 is 0 Å². The maximum absolute atomic E-state index is 5.67. The van der Waals surface area contributed by atoms with Crippen LogP contribution in [0.4, 0.5) is 0 Å². The summed E-state index contributed by atoms with van der Waals surface area (Å²) in [6.45, 7) is 7.90. The van der Waals surface area contributed by atoms with Crippen LogP contribution in [0.2, 0.25) is 0 Å². The fourth-order valence-corrected chi connectivity index (χ4v) is 1.80. The van der Waals surface area contributed by atoms with Gasteiger partial charge in [0.05, 0.1) is 6.10 Å². The van der Waals surface area contributed by atoms with Crippen LogP contribution >= 0.6 is 0 Å². The summed E-state index contributed by atoms with van der Waals surface area (Å²) in [6.07, 6.45) is 7.29. The molecule has 1 fully saturated rings. The fourth-order valence-electron chi connectivity index (χ4n) is 1.80. The second-order valence-electron chi connectivity index (χ2n) is 3.62. The van der Waals surface area contributed by atoms with E-state index in [1.807, 2.05) is 6.08 Å². The van der Waals surface area contributed by atoms with Gasteiger partial charge in [-0.2, -0.15) is 0 Å².